The fraction of sp³-hybridized carbons (Fsp3) is 0.438. The van der Waals surface area contributed by atoms with Gasteiger partial charge in [0, 0.05) is 18.2 Å². The molecule has 3 rings (SSSR count). The van der Waals surface area contributed by atoms with Gasteiger partial charge in [0.2, 0.25) is 0 Å². The van der Waals surface area contributed by atoms with Gasteiger partial charge in [0.05, 0.1) is 21.4 Å². The molecular weight excluding hydrogens is 268 g/mol. The first-order valence-corrected chi connectivity index (χ1v) is 7.47. The molecule has 1 fully saturated rings. The summed E-state index contributed by atoms with van der Waals surface area (Å²) in [5.74, 6) is 0.0590. The Hall–Kier alpha value is -2.17. The number of nitro benzene ring substituents is 1. The second kappa shape index (κ2) is 5.68. The third kappa shape index (κ3) is 2.55. The number of hydrogen-bond donors (Lipinski definition) is 1. The number of nitrogens with zero attached hydrogens (tertiary/aromatic N) is 1. The van der Waals surface area contributed by atoms with Crippen LogP contribution in [-0.2, 0) is 0 Å². The zero-order chi connectivity index (χ0) is 14.8. The van der Waals surface area contributed by atoms with Crippen LogP contribution in [0.3, 0.4) is 0 Å². The van der Waals surface area contributed by atoms with Crippen molar-refractivity contribution in [3.8, 4) is 0 Å². The lowest BCUT2D eigenvalue weighted by Crippen LogP contribution is -2.14. The summed E-state index contributed by atoms with van der Waals surface area (Å²) >= 11 is 0. The third-order valence-electron chi connectivity index (χ3n) is 4.37. The molecule has 1 heterocycles. The summed E-state index contributed by atoms with van der Waals surface area (Å²) in [5, 5.41) is 11.7. The minimum absolute atomic E-state index is 0.00530. The minimum Gasteiger partial charge on any atom is -0.360 e. The molecule has 110 valence electrons. The Kier molecular flexibility index (Phi) is 3.73. The van der Waals surface area contributed by atoms with Crippen LogP contribution in [-0.4, -0.2) is 15.7 Å². The molecule has 1 saturated carbocycles. The van der Waals surface area contributed by atoms with Crippen LogP contribution in [0.15, 0.2) is 24.4 Å². The highest BCUT2D eigenvalue weighted by Gasteiger charge is 2.26. The Morgan fingerprint density at radius 3 is 2.57 bits per heavy atom. The lowest BCUT2D eigenvalue weighted by atomic mass is 9.90. The number of fused-ring (bicyclic) bond motifs is 1. The maximum Gasteiger partial charge on any atom is 0.279 e. The van der Waals surface area contributed by atoms with Gasteiger partial charge in [0.25, 0.3) is 5.69 Å². The van der Waals surface area contributed by atoms with E-state index in [1.54, 1.807) is 18.3 Å². The molecule has 1 aliphatic carbocycles. The number of nitro groups is 1. The average Bonchev–Trinajstić information content (AvgIpc) is 2.72. The van der Waals surface area contributed by atoms with Crippen LogP contribution in [0.4, 0.5) is 5.69 Å². The average molecular weight is 286 g/mol. The predicted molar refractivity (Wildman–Crippen MR) is 80.5 cm³/mol. The number of aromatic nitrogens is 1. The molecule has 5 heteroatoms. The molecule has 21 heavy (non-hydrogen) atoms. The molecule has 1 aliphatic rings. The Morgan fingerprint density at radius 2 is 1.90 bits per heavy atom. The third-order valence-corrected chi connectivity index (χ3v) is 4.37. The lowest BCUT2D eigenvalue weighted by molar-refractivity contribution is -0.383. The molecule has 0 spiro atoms. The summed E-state index contributed by atoms with van der Waals surface area (Å²) in [5.41, 5.74) is 1.14. The summed E-state index contributed by atoms with van der Waals surface area (Å²) in [4.78, 5) is 26.5. The number of hydrogen-bond acceptors (Lipinski definition) is 3. The summed E-state index contributed by atoms with van der Waals surface area (Å²) in [6.07, 6.45) is 7.92. The van der Waals surface area contributed by atoms with Crippen LogP contribution >= 0.6 is 0 Å². The first-order valence-electron chi connectivity index (χ1n) is 7.47. The maximum atomic E-state index is 12.8. The summed E-state index contributed by atoms with van der Waals surface area (Å²) in [6, 6.07) is 4.86. The first-order chi connectivity index (χ1) is 10.2. The van der Waals surface area contributed by atoms with Crippen LogP contribution in [0.1, 0.15) is 48.9 Å². The van der Waals surface area contributed by atoms with E-state index in [1.165, 1.54) is 18.9 Å². The number of rotatable bonds is 3. The number of carbonyl (C=O) groups is 1. The van der Waals surface area contributed by atoms with Crippen molar-refractivity contribution in [1.29, 1.82) is 0 Å². The zero-order valence-electron chi connectivity index (χ0n) is 11.8. The van der Waals surface area contributed by atoms with Crippen LogP contribution < -0.4 is 0 Å². The Balaban J connectivity index is 2.03. The molecule has 1 N–H and O–H groups in total. The van der Waals surface area contributed by atoms with Gasteiger partial charge in [-0.25, -0.2) is 0 Å². The second-order valence-electron chi connectivity index (χ2n) is 5.71. The van der Waals surface area contributed by atoms with Crippen molar-refractivity contribution in [3.05, 3.63) is 40.1 Å². The summed E-state index contributed by atoms with van der Waals surface area (Å²) in [6.45, 7) is 0. The Morgan fingerprint density at radius 1 is 1.19 bits per heavy atom. The maximum absolute atomic E-state index is 12.8. The van der Waals surface area contributed by atoms with Gasteiger partial charge in [-0.3, -0.25) is 14.9 Å². The molecule has 0 atom stereocenters. The van der Waals surface area contributed by atoms with Gasteiger partial charge >= 0.3 is 0 Å². The van der Waals surface area contributed by atoms with E-state index >= 15 is 0 Å². The summed E-state index contributed by atoms with van der Waals surface area (Å²) in [7, 11) is 0. The molecule has 0 unspecified atom stereocenters. The highest BCUT2D eigenvalue weighted by atomic mass is 16.6. The zero-order valence-corrected chi connectivity index (χ0v) is 11.8. The minimum atomic E-state index is -0.417. The van der Waals surface area contributed by atoms with Gasteiger partial charge < -0.3 is 4.98 Å². The quantitative estimate of drug-likeness (QED) is 0.397. The molecule has 0 aliphatic heterocycles. The van der Waals surface area contributed by atoms with Crippen LogP contribution in [0.2, 0.25) is 0 Å². The number of aromatic amines is 1. The Labute approximate surface area is 122 Å². The van der Waals surface area contributed by atoms with Gasteiger partial charge in [-0.1, -0.05) is 31.7 Å². The lowest BCUT2D eigenvalue weighted by Gasteiger charge is -2.11. The molecule has 0 saturated heterocycles. The number of non-ortho nitro benzene ring substituents is 1. The normalized spacial score (nSPS) is 16.8. The molecule has 0 bridgehead atoms. The van der Waals surface area contributed by atoms with Crippen LogP contribution in [0.5, 0.6) is 0 Å². The Bertz CT molecular complexity index is 682. The van der Waals surface area contributed by atoms with E-state index in [4.69, 9.17) is 0 Å². The van der Waals surface area contributed by atoms with E-state index in [-0.39, 0.29) is 17.4 Å². The number of H-pyrrole nitrogens is 1. The predicted octanol–water partition coefficient (Wildman–Crippen LogP) is 4.23. The van der Waals surface area contributed by atoms with E-state index in [1.807, 2.05) is 0 Å². The van der Waals surface area contributed by atoms with Gasteiger partial charge in [-0.15, -0.1) is 0 Å². The number of Topliss-reactive ketones (excluding diaryl/α,β-unsaturated/α-hetero) is 1. The molecule has 0 amide bonds. The van der Waals surface area contributed by atoms with Crippen molar-refractivity contribution in [1.82, 2.24) is 4.98 Å². The molecule has 2 aromatic rings. The number of nitrogens with one attached hydrogen (secondary N) is 1. The molecule has 0 radical (unpaired) electrons. The van der Waals surface area contributed by atoms with Gasteiger partial charge in [-0.05, 0) is 18.9 Å². The van der Waals surface area contributed by atoms with Crippen molar-refractivity contribution in [2.24, 2.45) is 5.92 Å². The van der Waals surface area contributed by atoms with Gasteiger partial charge in [-0.2, -0.15) is 0 Å². The molecular formula is C16H18N2O3. The summed E-state index contributed by atoms with van der Waals surface area (Å²) < 4.78 is 0. The highest BCUT2D eigenvalue weighted by molar-refractivity contribution is 6.11. The van der Waals surface area contributed by atoms with E-state index < -0.39 is 4.92 Å². The standard InChI is InChI=1S/C16H18N2O3/c19-16(11-6-3-1-2-4-7-11)12-10-17-13-8-5-9-14(15(12)13)18(20)21/h5,8-11,17H,1-4,6-7H2. The van der Waals surface area contributed by atoms with Gasteiger partial charge in [0.15, 0.2) is 5.78 Å². The number of benzene rings is 1. The van der Waals surface area contributed by atoms with Crippen molar-refractivity contribution < 1.29 is 9.72 Å². The number of carbonyl (C=O) groups excluding carboxylic acids is 1. The fourth-order valence-corrected chi connectivity index (χ4v) is 3.27. The van der Waals surface area contributed by atoms with Crippen molar-refractivity contribution in [2.75, 3.05) is 0 Å². The second-order valence-corrected chi connectivity index (χ2v) is 5.71. The molecule has 5 nitrogen and oxygen atoms in total. The van der Waals surface area contributed by atoms with Crippen molar-refractivity contribution in [3.63, 3.8) is 0 Å². The molecule has 1 aromatic heterocycles. The van der Waals surface area contributed by atoms with Crippen molar-refractivity contribution >= 4 is 22.4 Å². The van der Waals surface area contributed by atoms with E-state index in [9.17, 15) is 14.9 Å². The monoisotopic (exact) mass is 286 g/mol. The van der Waals surface area contributed by atoms with Crippen LogP contribution in [0.25, 0.3) is 10.9 Å². The molecule has 1 aromatic carbocycles. The SMILES string of the molecule is O=C(c1c[nH]c2cccc([N+](=O)[O-])c12)C1CCCCCC1. The topological polar surface area (TPSA) is 76.0 Å². The smallest absolute Gasteiger partial charge is 0.279 e. The fourth-order valence-electron chi connectivity index (χ4n) is 3.27. The van der Waals surface area contributed by atoms with E-state index in [0.29, 0.717) is 16.5 Å². The van der Waals surface area contributed by atoms with Crippen molar-refractivity contribution in [2.45, 2.75) is 38.5 Å². The highest BCUT2D eigenvalue weighted by Crippen LogP contribution is 2.33. The van der Waals surface area contributed by atoms with E-state index in [0.717, 1.165) is 25.7 Å². The van der Waals surface area contributed by atoms with Gasteiger partial charge in [0.1, 0.15) is 0 Å². The first kappa shape index (κ1) is 13.8. The van der Waals surface area contributed by atoms with E-state index in [2.05, 4.69) is 4.98 Å². The largest absolute Gasteiger partial charge is 0.360 e. The van der Waals surface area contributed by atoms with Crippen LogP contribution in [0, 0.1) is 16.0 Å². The number of ketones is 1.